The number of fused-ring (bicyclic) bond motifs is 10. The molecule has 17 saturated carbocycles. The van der Waals surface area contributed by atoms with Gasteiger partial charge < -0.3 is 0 Å². The molecule has 5 heteroatoms. The minimum Gasteiger partial charge on any atom is -0.295 e. The van der Waals surface area contributed by atoms with Crippen molar-refractivity contribution in [1.82, 2.24) is 19.6 Å². The lowest BCUT2D eigenvalue weighted by molar-refractivity contribution is -0.159. The number of hydrogen-bond acceptors (Lipinski definition) is 4. The lowest BCUT2D eigenvalue weighted by Gasteiger charge is -2.72. The fourth-order valence-corrected chi connectivity index (χ4v) is 39.2. The Morgan fingerprint density at radius 2 is 0.551 bits per heavy atom. The summed E-state index contributed by atoms with van der Waals surface area (Å²) >= 11 is 0. The first kappa shape index (κ1) is 74.5. The Balaban J connectivity index is 0.757. The molecule has 0 bridgehead atoms. The molecule has 0 radical (unpaired) electrons. The Labute approximate surface area is 660 Å². The van der Waals surface area contributed by atoms with E-state index in [2.05, 4.69) is 61.1 Å². The van der Waals surface area contributed by atoms with Crippen molar-refractivity contribution in [2.24, 2.45) is 141 Å². The SMILES string of the molecule is CC(C)(C)C1CC2CCC3CC(C(C)(C)C)CC4C(C5CCC6B7C8CCC(N9C%10CCCCC%10C%10CCCCC%109)CC8N(C8C(C9CCCCC9)CCCC8C8CCCCC8)C8CC(N9C%10CCCCC%10C%10CCCCC%109)CC(C78)N(C7C(C8CCCCC8)CCCC7C7CCCCC7)C6C5)CC(C1)C2C34. The van der Waals surface area contributed by atoms with E-state index in [1.807, 2.05) is 0 Å². The highest BCUT2D eigenvalue weighted by molar-refractivity contribution is 6.65. The van der Waals surface area contributed by atoms with Gasteiger partial charge in [0.25, 0.3) is 0 Å². The molecule has 600 valence electrons. The second-order valence-corrected chi connectivity index (χ2v) is 48.5. The number of rotatable bonds is 9. The van der Waals surface area contributed by atoms with Gasteiger partial charge in [-0.1, -0.05) is 253 Å². The van der Waals surface area contributed by atoms with Crippen LogP contribution in [0.5, 0.6) is 0 Å². The molecule has 21 rings (SSSR count). The normalized spacial score (nSPS) is 51.5. The summed E-state index contributed by atoms with van der Waals surface area (Å²) in [5.41, 5.74) is 0.879. The van der Waals surface area contributed by atoms with Crippen molar-refractivity contribution >= 4 is 6.71 Å². The third-order valence-electron chi connectivity index (χ3n) is 42.8. The fraction of sp³-hybridized carbons (Fsp3) is 1.00. The van der Waals surface area contributed by atoms with Crippen LogP contribution in [-0.4, -0.2) is 98.8 Å². The number of hydrogen-bond donors (Lipinski definition) is 0. The fourth-order valence-electron chi connectivity index (χ4n) is 39.2. The largest absolute Gasteiger partial charge is 0.295 e. The van der Waals surface area contributed by atoms with Crippen molar-refractivity contribution in [3.8, 4) is 0 Å². The van der Waals surface area contributed by atoms with Gasteiger partial charge in [0.2, 0.25) is 0 Å². The molecule has 31 unspecified atom stereocenters. The van der Waals surface area contributed by atoms with Crippen molar-refractivity contribution < 1.29 is 0 Å². The second-order valence-electron chi connectivity index (χ2n) is 48.5. The highest BCUT2D eigenvalue weighted by Crippen LogP contribution is 2.72. The summed E-state index contributed by atoms with van der Waals surface area (Å²) in [6.45, 7) is 17.3. The molecule has 4 aliphatic heterocycles. The van der Waals surface area contributed by atoms with Crippen LogP contribution in [0.1, 0.15) is 408 Å². The van der Waals surface area contributed by atoms with Gasteiger partial charge in [0, 0.05) is 72.5 Å². The Bertz CT molecular complexity index is 2860. The van der Waals surface area contributed by atoms with Gasteiger partial charge in [-0.25, -0.2) is 0 Å². The number of likely N-dealkylation sites (tertiary alicyclic amines) is 2. The summed E-state index contributed by atoms with van der Waals surface area (Å²) < 4.78 is 0. The van der Waals surface area contributed by atoms with Crippen molar-refractivity contribution in [3.63, 3.8) is 0 Å². The molecule has 21 fully saturated rings. The van der Waals surface area contributed by atoms with E-state index in [0.717, 1.165) is 227 Å². The van der Waals surface area contributed by atoms with Gasteiger partial charge >= 0.3 is 0 Å². The van der Waals surface area contributed by atoms with Crippen LogP contribution in [0, 0.1) is 141 Å². The Morgan fingerprint density at radius 3 is 0.991 bits per heavy atom. The zero-order chi connectivity index (χ0) is 71.6. The Hall–Kier alpha value is -0.0951. The van der Waals surface area contributed by atoms with E-state index < -0.39 is 0 Å². The molecular formula is C102H169BN4. The predicted molar refractivity (Wildman–Crippen MR) is 449 cm³/mol. The molecule has 0 amide bonds. The van der Waals surface area contributed by atoms with E-state index in [0.29, 0.717) is 10.8 Å². The van der Waals surface area contributed by atoms with E-state index in [4.69, 9.17) is 0 Å². The monoisotopic (exact) mass is 1460 g/mol. The average Bonchev–Trinajstić information content (AvgIpc) is 1.14. The Morgan fingerprint density at radius 1 is 0.206 bits per heavy atom. The minimum absolute atomic E-state index is 0.432. The smallest absolute Gasteiger partial charge is 0.156 e. The third kappa shape index (κ3) is 13.1. The van der Waals surface area contributed by atoms with Crippen LogP contribution in [0.25, 0.3) is 0 Å². The van der Waals surface area contributed by atoms with Crippen molar-refractivity contribution in [1.29, 1.82) is 0 Å². The maximum atomic E-state index is 4.07. The van der Waals surface area contributed by atoms with Crippen LogP contribution < -0.4 is 0 Å². The lowest BCUT2D eigenvalue weighted by atomic mass is 9.18. The number of nitrogens with zero attached hydrogens (tertiary/aromatic N) is 4. The van der Waals surface area contributed by atoms with Gasteiger partial charge in [-0.2, -0.15) is 0 Å². The predicted octanol–water partition coefficient (Wildman–Crippen LogP) is 26.4. The van der Waals surface area contributed by atoms with Crippen LogP contribution in [0.3, 0.4) is 0 Å². The van der Waals surface area contributed by atoms with Crippen molar-refractivity contribution in [3.05, 3.63) is 0 Å². The topological polar surface area (TPSA) is 13.0 Å². The van der Waals surface area contributed by atoms with Crippen LogP contribution in [0.2, 0.25) is 17.5 Å². The van der Waals surface area contributed by atoms with Crippen molar-refractivity contribution in [2.75, 3.05) is 0 Å². The van der Waals surface area contributed by atoms with E-state index in [9.17, 15) is 0 Å². The molecule has 4 nitrogen and oxygen atoms in total. The van der Waals surface area contributed by atoms with Crippen molar-refractivity contribution in [2.45, 2.75) is 497 Å². The summed E-state index contributed by atoms with van der Waals surface area (Å²) in [7, 11) is 0. The first-order valence-corrected chi connectivity index (χ1v) is 51.5. The van der Waals surface area contributed by atoms with Gasteiger partial charge in [0.1, 0.15) is 0 Å². The minimum atomic E-state index is 0.432. The second kappa shape index (κ2) is 30.7. The summed E-state index contributed by atoms with van der Waals surface area (Å²) in [5.74, 6) is 24.7. The van der Waals surface area contributed by atoms with Gasteiger partial charge in [-0.15, -0.1) is 0 Å². The van der Waals surface area contributed by atoms with E-state index in [1.165, 1.54) is 51.4 Å². The first-order valence-electron chi connectivity index (χ1n) is 51.5. The standard InChI is InChI=1S/C102H169BN4/c1-101(2,3)72-55-69-49-50-70-56-73(102(4,5)6)60-85-84(58-71(57-72)96(69)97(70)85)68-51-53-86-92(59-68)106(99-76(64-29-11-7-12-30-64)41-27-42-77(99)65-31-13-8-14-32-65)94-62-75(105-90-47-25-21-39-82(90)83-40-22-26-48-91(83)105)63-95-98(94)103(86)87-54-52-74(104-88-45-23-19-37-80(88)81-38-20-24-46-89(81)104)61-93(87)107(95)100-78(66-33-15-9-16-34-66)43-28-44-79(100)67-35-17-10-18-36-67/h64-100H,7-63H2,1-6H3. The molecule has 0 aromatic rings. The zero-order valence-corrected chi connectivity index (χ0v) is 71.0. The van der Waals surface area contributed by atoms with E-state index >= 15 is 0 Å². The maximum absolute atomic E-state index is 4.07. The molecule has 107 heavy (non-hydrogen) atoms. The van der Waals surface area contributed by atoms with Gasteiger partial charge in [0.05, 0.1) is 0 Å². The highest BCUT2D eigenvalue weighted by atomic mass is 15.3. The summed E-state index contributed by atoms with van der Waals surface area (Å²) in [6.07, 6.45) is 90.1. The molecule has 4 heterocycles. The lowest BCUT2D eigenvalue weighted by Crippen LogP contribution is -2.78. The van der Waals surface area contributed by atoms with Gasteiger partial charge in [-0.05, 0) is 313 Å². The molecule has 4 saturated heterocycles. The summed E-state index contributed by atoms with van der Waals surface area (Å²) in [4.78, 5) is 15.4. The molecule has 17 aliphatic carbocycles. The molecule has 31 atom stereocenters. The molecule has 0 spiro atoms. The summed E-state index contributed by atoms with van der Waals surface area (Å²) in [6, 6.07) is 10.3. The zero-order valence-electron chi connectivity index (χ0n) is 71.0. The quantitative estimate of drug-likeness (QED) is 0.213. The van der Waals surface area contributed by atoms with E-state index in [1.54, 1.807) is 315 Å². The summed E-state index contributed by atoms with van der Waals surface area (Å²) in [5, 5.41) is 0. The Kier molecular flexibility index (Phi) is 21.3. The van der Waals surface area contributed by atoms with Crippen LogP contribution in [0.4, 0.5) is 0 Å². The van der Waals surface area contributed by atoms with Gasteiger partial charge in [-0.3, -0.25) is 19.6 Å². The molecule has 0 aromatic carbocycles. The molecule has 21 aliphatic rings. The van der Waals surface area contributed by atoms with Crippen LogP contribution >= 0.6 is 0 Å². The maximum Gasteiger partial charge on any atom is 0.156 e. The highest BCUT2D eigenvalue weighted by Gasteiger charge is 2.71. The van der Waals surface area contributed by atoms with Crippen LogP contribution in [-0.2, 0) is 0 Å². The van der Waals surface area contributed by atoms with E-state index in [-0.39, 0.29) is 0 Å². The molecular weight excluding hydrogens is 1290 g/mol. The molecule has 0 N–H and O–H groups in total. The van der Waals surface area contributed by atoms with Gasteiger partial charge in [0.15, 0.2) is 6.71 Å². The van der Waals surface area contributed by atoms with Crippen LogP contribution in [0.15, 0.2) is 0 Å². The average molecular weight is 1460 g/mol. The first-order chi connectivity index (χ1) is 52.4. The third-order valence-corrected chi connectivity index (χ3v) is 42.8. The molecule has 0 aromatic heterocycles.